The molecule has 0 radical (unpaired) electrons. The second-order valence-electron chi connectivity index (χ2n) is 8.09. The molecule has 0 unspecified atom stereocenters. The molecule has 0 aromatic carbocycles. The fourth-order valence-electron chi connectivity index (χ4n) is 4.54. The first-order valence-electron chi connectivity index (χ1n) is 8.27. The van der Waals surface area contributed by atoms with Crippen LogP contribution in [-0.4, -0.2) is 45.3 Å². The van der Waals surface area contributed by atoms with Crippen molar-refractivity contribution in [1.29, 1.82) is 0 Å². The quantitative estimate of drug-likeness (QED) is 0.880. The van der Waals surface area contributed by atoms with Gasteiger partial charge < -0.3 is 19.8 Å². The van der Waals surface area contributed by atoms with E-state index in [0.717, 1.165) is 19.4 Å². The molecule has 2 atom stereocenters. The molecule has 1 aliphatic carbocycles. The lowest BCUT2D eigenvalue weighted by Crippen LogP contribution is -2.44. The Morgan fingerprint density at radius 3 is 2.91 bits per heavy atom. The minimum atomic E-state index is -0.261. The molecule has 7 nitrogen and oxygen atoms in total. The first-order valence-corrected chi connectivity index (χ1v) is 8.27. The largest absolute Gasteiger partial charge is 0.387 e. The number of urea groups is 1. The van der Waals surface area contributed by atoms with Crippen LogP contribution in [0.5, 0.6) is 0 Å². The Morgan fingerprint density at radius 2 is 2.22 bits per heavy atom. The summed E-state index contributed by atoms with van der Waals surface area (Å²) in [6.45, 7) is 7.94. The maximum Gasteiger partial charge on any atom is 0.317 e. The van der Waals surface area contributed by atoms with Crippen molar-refractivity contribution < 1.29 is 14.4 Å². The third-order valence-corrected chi connectivity index (χ3v) is 4.95. The number of amides is 2. The lowest BCUT2D eigenvalue weighted by atomic mass is 9.65. The zero-order chi connectivity index (χ0) is 16.7. The van der Waals surface area contributed by atoms with Gasteiger partial charge in [0.25, 0.3) is 5.89 Å². The van der Waals surface area contributed by atoms with Gasteiger partial charge in [0.05, 0.1) is 0 Å². The van der Waals surface area contributed by atoms with E-state index < -0.39 is 0 Å². The van der Waals surface area contributed by atoms with Crippen molar-refractivity contribution in [2.45, 2.75) is 59.1 Å². The Hall–Kier alpha value is -1.63. The number of rotatable bonds is 4. The summed E-state index contributed by atoms with van der Waals surface area (Å²) in [5.41, 5.74) is 0.547. The van der Waals surface area contributed by atoms with Crippen molar-refractivity contribution in [3.63, 3.8) is 0 Å². The van der Waals surface area contributed by atoms with Gasteiger partial charge >= 0.3 is 6.03 Å². The number of aromatic nitrogens is 2. The average Bonchev–Trinajstić information content (AvgIpc) is 2.99. The van der Waals surface area contributed by atoms with E-state index >= 15 is 0 Å². The number of likely N-dealkylation sites (tertiary alicyclic amines) is 1. The monoisotopic (exact) mass is 322 g/mol. The van der Waals surface area contributed by atoms with Crippen molar-refractivity contribution in [3.05, 3.63) is 11.7 Å². The van der Waals surface area contributed by atoms with Crippen LogP contribution in [0.25, 0.3) is 0 Å². The van der Waals surface area contributed by atoms with Crippen molar-refractivity contribution >= 4 is 6.03 Å². The first kappa shape index (κ1) is 16.2. The predicted octanol–water partition coefficient (Wildman–Crippen LogP) is 1.71. The number of carbonyl (C=O) groups is 1. The van der Waals surface area contributed by atoms with Crippen LogP contribution < -0.4 is 5.32 Å². The molecule has 2 N–H and O–H groups in total. The van der Waals surface area contributed by atoms with E-state index in [0.29, 0.717) is 30.2 Å². The highest BCUT2D eigenvalue weighted by Gasteiger charge is 2.50. The molecule has 2 fully saturated rings. The fraction of sp³-hybridized carbons (Fsp3) is 0.812. The molecule has 128 valence electrons. The van der Waals surface area contributed by atoms with E-state index in [2.05, 4.69) is 36.2 Å². The van der Waals surface area contributed by atoms with Gasteiger partial charge in [0.1, 0.15) is 6.61 Å². The summed E-state index contributed by atoms with van der Waals surface area (Å²) < 4.78 is 4.83. The summed E-state index contributed by atoms with van der Waals surface area (Å²) >= 11 is 0. The lowest BCUT2D eigenvalue weighted by Gasteiger charge is -2.39. The molecule has 2 bridgehead atoms. The molecule has 1 aromatic heterocycles. The highest BCUT2D eigenvalue weighted by Crippen LogP contribution is 2.52. The SMILES string of the molecule is CC1(C)C[C@@H]2C[C@@](C)(CN2C(=O)NCCc2noc(CO)n2)C1. The number of carbonyl (C=O) groups excluding carboxylic acids is 1. The van der Waals surface area contributed by atoms with Gasteiger partial charge in [0.2, 0.25) is 0 Å². The normalized spacial score (nSPS) is 28.9. The molecular formula is C16H26N4O3. The Balaban J connectivity index is 1.53. The van der Waals surface area contributed by atoms with Gasteiger partial charge in [-0.05, 0) is 30.1 Å². The summed E-state index contributed by atoms with van der Waals surface area (Å²) in [7, 11) is 0. The lowest BCUT2D eigenvalue weighted by molar-refractivity contribution is 0.129. The van der Waals surface area contributed by atoms with Crippen LogP contribution in [0.4, 0.5) is 4.79 Å². The van der Waals surface area contributed by atoms with Crippen LogP contribution >= 0.6 is 0 Å². The smallest absolute Gasteiger partial charge is 0.317 e. The second kappa shape index (κ2) is 5.78. The average molecular weight is 322 g/mol. The number of nitrogens with one attached hydrogen (secondary N) is 1. The second-order valence-corrected chi connectivity index (χ2v) is 8.09. The van der Waals surface area contributed by atoms with Crippen LogP contribution in [0, 0.1) is 10.8 Å². The minimum Gasteiger partial charge on any atom is -0.387 e. The van der Waals surface area contributed by atoms with Crippen LogP contribution in [0.1, 0.15) is 51.7 Å². The summed E-state index contributed by atoms with van der Waals surface area (Å²) in [5, 5.41) is 15.6. The Morgan fingerprint density at radius 1 is 1.43 bits per heavy atom. The molecule has 1 saturated carbocycles. The third-order valence-electron chi connectivity index (χ3n) is 4.95. The number of hydrogen-bond acceptors (Lipinski definition) is 5. The Bertz CT molecular complexity index is 586. The molecule has 2 heterocycles. The standard InChI is InChI=1S/C16H26N4O3/c1-15(2)6-11-7-16(3,9-15)10-20(11)14(22)17-5-4-12-18-13(8-21)23-19-12/h11,21H,4-10H2,1-3H3,(H,17,22)/t11-,16-/m1/s1. The summed E-state index contributed by atoms with van der Waals surface area (Å²) in [4.78, 5) is 18.5. The predicted molar refractivity (Wildman–Crippen MR) is 83.6 cm³/mol. The molecule has 1 aromatic rings. The molecular weight excluding hydrogens is 296 g/mol. The number of fused-ring (bicyclic) bond motifs is 2. The molecule has 2 amide bonds. The molecule has 23 heavy (non-hydrogen) atoms. The van der Waals surface area contributed by atoms with Crippen LogP contribution in [-0.2, 0) is 13.0 Å². The minimum absolute atomic E-state index is 0.00213. The topological polar surface area (TPSA) is 91.5 Å². The van der Waals surface area contributed by atoms with Crippen molar-refractivity contribution in [1.82, 2.24) is 20.4 Å². The highest BCUT2D eigenvalue weighted by atomic mass is 16.5. The van der Waals surface area contributed by atoms with Crippen LogP contribution in [0.3, 0.4) is 0 Å². The van der Waals surface area contributed by atoms with Crippen molar-refractivity contribution in [2.75, 3.05) is 13.1 Å². The zero-order valence-corrected chi connectivity index (χ0v) is 14.1. The summed E-state index contributed by atoms with van der Waals surface area (Å²) in [6.07, 6.45) is 3.85. The maximum absolute atomic E-state index is 12.5. The first-order chi connectivity index (χ1) is 10.8. The van der Waals surface area contributed by atoms with E-state index in [-0.39, 0.29) is 23.9 Å². The molecule has 7 heteroatoms. The van der Waals surface area contributed by atoms with Gasteiger partial charge in [-0.3, -0.25) is 0 Å². The molecule has 3 rings (SSSR count). The number of hydrogen-bond donors (Lipinski definition) is 2. The van der Waals surface area contributed by atoms with Gasteiger partial charge in [-0.2, -0.15) is 4.98 Å². The van der Waals surface area contributed by atoms with E-state index in [1.807, 2.05) is 4.90 Å². The third kappa shape index (κ3) is 3.49. The van der Waals surface area contributed by atoms with Crippen molar-refractivity contribution in [3.8, 4) is 0 Å². The molecule has 2 aliphatic rings. The number of nitrogens with zero attached hydrogens (tertiary/aromatic N) is 3. The van der Waals surface area contributed by atoms with Gasteiger partial charge in [0.15, 0.2) is 5.82 Å². The van der Waals surface area contributed by atoms with E-state index in [9.17, 15) is 4.79 Å². The van der Waals surface area contributed by atoms with E-state index in [1.165, 1.54) is 6.42 Å². The van der Waals surface area contributed by atoms with Crippen LogP contribution in [0.15, 0.2) is 4.52 Å². The van der Waals surface area contributed by atoms with Gasteiger partial charge in [-0.15, -0.1) is 0 Å². The summed E-state index contributed by atoms with van der Waals surface area (Å²) in [5.74, 6) is 0.706. The number of aliphatic hydroxyl groups is 1. The van der Waals surface area contributed by atoms with Gasteiger partial charge in [-0.25, -0.2) is 4.79 Å². The fourth-order valence-corrected chi connectivity index (χ4v) is 4.54. The zero-order valence-electron chi connectivity index (χ0n) is 14.1. The van der Waals surface area contributed by atoms with E-state index in [1.54, 1.807) is 0 Å². The van der Waals surface area contributed by atoms with E-state index in [4.69, 9.17) is 9.63 Å². The van der Waals surface area contributed by atoms with Crippen molar-refractivity contribution in [2.24, 2.45) is 10.8 Å². The molecule has 1 saturated heterocycles. The van der Waals surface area contributed by atoms with Crippen LogP contribution in [0.2, 0.25) is 0 Å². The van der Waals surface area contributed by atoms with Gasteiger partial charge in [0, 0.05) is 25.6 Å². The molecule has 0 spiro atoms. The highest BCUT2D eigenvalue weighted by molar-refractivity contribution is 5.75. The molecule has 1 aliphatic heterocycles. The number of aliphatic hydroxyl groups excluding tert-OH is 1. The van der Waals surface area contributed by atoms with Gasteiger partial charge in [-0.1, -0.05) is 25.9 Å². The maximum atomic E-state index is 12.5. The summed E-state index contributed by atoms with van der Waals surface area (Å²) in [6, 6.07) is 0.345. The Kier molecular flexibility index (Phi) is 4.08. The Labute approximate surface area is 136 Å².